The van der Waals surface area contributed by atoms with Crippen molar-refractivity contribution in [3.8, 4) is 0 Å². The van der Waals surface area contributed by atoms with E-state index in [0.717, 1.165) is 0 Å². The first-order chi connectivity index (χ1) is 1.91. The zero-order valence-electron chi connectivity index (χ0n) is 3.69. The van der Waals surface area contributed by atoms with Crippen LogP contribution in [0.1, 0.15) is 6.92 Å². The maximum Gasteiger partial charge on any atom is 1.00 e. The summed E-state index contributed by atoms with van der Waals surface area (Å²) in [5, 5.41) is 0. The summed E-state index contributed by atoms with van der Waals surface area (Å²) in [6.45, 7) is 2.43. The summed E-state index contributed by atoms with van der Waals surface area (Å²) in [4.78, 5) is 0. The summed E-state index contributed by atoms with van der Waals surface area (Å²) in [5.41, 5.74) is 0. The first-order valence-electron chi connectivity index (χ1n) is 1.23. The number of rotatable bonds is 1. The van der Waals surface area contributed by atoms with E-state index in [1.165, 1.54) is 0 Å². The maximum atomic E-state index is 4.53. The molecular weight excluding hydrogens is 57.8 g/mol. The van der Waals surface area contributed by atoms with Crippen LogP contribution in [0.3, 0.4) is 0 Å². The fraction of sp³-hybridized carbons (Fsp3) is 1.00. The number of hydrogen-bond acceptors (Lipinski definition) is 1. The molecule has 0 heterocycles. The van der Waals surface area contributed by atoms with Crippen LogP contribution in [-0.4, -0.2) is 14.7 Å². The van der Waals surface area contributed by atoms with Crippen LogP contribution in [-0.2, 0) is 4.65 Å². The SMILES string of the molecule is [B-]OCC.[Li+]. The van der Waals surface area contributed by atoms with Crippen LogP contribution in [0.25, 0.3) is 0 Å². The van der Waals surface area contributed by atoms with Gasteiger partial charge in [0.25, 0.3) is 0 Å². The van der Waals surface area contributed by atoms with E-state index in [1.807, 2.05) is 6.92 Å². The van der Waals surface area contributed by atoms with Crippen LogP contribution in [0, 0.1) is 0 Å². The van der Waals surface area contributed by atoms with E-state index in [4.69, 9.17) is 0 Å². The molecule has 0 rings (SSSR count). The molecule has 5 heavy (non-hydrogen) atoms. The molecule has 0 aromatic carbocycles. The predicted octanol–water partition coefficient (Wildman–Crippen LogP) is -2.89. The second-order valence-electron chi connectivity index (χ2n) is 0.455. The molecule has 0 atom stereocenters. The fourth-order valence-electron chi connectivity index (χ4n) is 0. The Kier molecular flexibility index (Phi) is 16.1. The van der Waals surface area contributed by atoms with Gasteiger partial charge in [-0.15, -0.1) is 0 Å². The Morgan fingerprint density at radius 2 is 2.00 bits per heavy atom. The van der Waals surface area contributed by atoms with E-state index in [0.29, 0.717) is 6.61 Å². The molecule has 0 saturated carbocycles. The molecule has 0 aliphatic heterocycles. The third kappa shape index (κ3) is 12.1. The van der Waals surface area contributed by atoms with Gasteiger partial charge in [-0.3, -0.25) is 0 Å². The van der Waals surface area contributed by atoms with Crippen LogP contribution < -0.4 is 18.9 Å². The summed E-state index contributed by atoms with van der Waals surface area (Å²) in [7, 11) is 4.53. The molecule has 0 fully saturated rings. The van der Waals surface area contributed by atoms with Crippen LogP contribution in [0.4, 0.5) is 0 Å². The molecule has 3 heteroatoms. The van der Waals surface area contributed by atoms with E-state index >= 15 is 0 Å². The zero-order valence-corrected chi connectivity index (χ0v) is 3.69. The smallest absolute Gasteiger partial charge is 0.702 e. The zero-order chi connectivity index (χ0) is 3.41. The monoisotopic (exact) mass is 63.1 g/mol. The summed E-state index contributed by atoms with van der Waals surface area (Å²) in [5.74, 6) is 0. The molecule has 0 aliphatic carbocycles. The van der Waals surface area contributed by atoms with Gasteiger partial charge in [-0.2, -0.15) is 0 Å². The summed E-state index contributed by atoms with van der Waals surface area (Å²) >= 11 is 0. The average Bonchev–Trinajstić information content (AvgIpc) is 1.37. The molecule has 0 aromatic rings. The molecular formula is C2H5BLiO. The molecule has 0 unspecified atom stereocenters. The molecule has 0 spiro atoms. The Bertz CT molecular complexity index is 11.6. The van der Waals surface area contributed by atoms with Crippen molar-refractivity contribution in [1.29, 1.82) is 0 Å². The molecule has 0 amide bonds. The topological polar surface area (TPSA) is 9.23 Å². The van der Waals surface area contributed by atoms with Gasteiger partial charge in [-0.1, -0.05) is 0 Å². The van der Waals surface area contributed by atoms with Gasteiger partial charge in [0.2, 0.25) is 0 Å². The van der Waals surface area contributed by atoms with Crippen molar-refractivity contribution in [3.63, 3.8) is 0 Å². The van der Waals surface area contributed by atoms with E-state index in [-0.39, 0.29) is 18.9 Å². The minimum atomic E-state index is 0. The standard InChI is InChI=1S/C2H5BO.Li/c1-2-4-3;/h2H2,1H3;/q-1;+1. The molecule has 0 saturated heterocycles. The first-order valence-corrected chi connectivity index (χ1v) is 1.23. The molecule has 23 valence electrons. The predicted molar refractivity (Wildman–Crippen MR) is 17.4 cm³/mol. The van der Waals surface area contributed by atoms with Crippen LogP contribution >= 0.6 is 0 Å². The second-order valence-corrected chi connectivity index (χ2v) is 0.455. The van der Waals surface area contributed by atoms with Gasteiger partial charge in [0.15, 0.2) is 0 Å². The Balaban J connectivity index is 0. The van der Waals surface area contributed by atoms with Gasteiger partial charge >= 0.3 is 18.9 Å². The Morgan fingerprint density at radius 1 is 1.80 bits per heavy atom. The maximum absolute atomic E-state index is 4.53. The Morgan fingerprint density at radius 3 is 2.00 bits per heavy atom. The average molecular weight is 62.8 g/mol. The van der Waals surface area contributed by atoms with Gasteiger partial charge in [-0.05, 0) is 13.5 Å². The molecule has 0 bridgehead atoms. The Labute approximate surface area is 45.7 Å². The molecule has 0 N–H and O–H groups in total. The molecule has 0 aromatic heterocycles. The molecule has 0 aliphatic rings. The molecule has 1 nitrogen and oxygen atoms in total. The van der Waals surface area contributed by atoms with Gasteiger partial charge < -0.3 is 12.7 Å². The second kappa shape index (κ2) is 8.82. The van der Waals surface area contributed by atoms with Crippen molar-refractivity contribution in [2.24, 2.45) is 0 Å². The van der Waals surface area contributed by atoms with Crippen LogP contribution in [0.2, 0.25) is 0 Å². The van der Waals surface area contributed by atoms with Crippen molar-refractivity contribution in [1.82, 2.24) is 0 Å². The van der Waals surface area contributed by atoms with E-state index in [9.17, 15) is 0 Å². The van der Waals surface area contributed by atoms with Crippen molar-refractivity contribution >= 4 is 8.05 Å². The van der Waals surface area contributed by atoms with E-state index in [1.54, 1.807) is 0 Å². The summed E-state index contributed by atoms with van der Waals surface area (Å²) < 4.78 is 4.04. The fourth-order valence-corrected chi connectivity index (χ4v) is 0. The summed E-state index contributed by atoms with van der Waals surface area (Å²) in [6, 6.07) is 0. The largest absolute Gasteiger partial charge is 1.00 e. The Hall–Kier alpha value is 0.622. The first kappa shape index (κ1) is 9.16. The van der Waals surface area contributed by atoms with Gasteiger partial charge in [-0.25, -0.2) is 0 Å². The third-order valence-electron chi connectivity index (χ3n) is 0.167. The summed E-state index contributed by atoms with van der Waals surface area (Å²) in [6.07, 6.45) is 0. The minimum Gasteiger partial charge on any atom is -0.702 e. The van der Waals surface area contributed by atoms with Gasteiger partial charge in [0.05, 0.1) is 0 Å². The van der Waals surface area contributed by atoms with Crippen molar-refractivity contribution in [2.75, 3.05) is 6.61 Å². The van der Waals surface area contributed by atoms with E-state index in [2.05, 4.69) is 12.7 Å². The van der Waals surface area contributed by atoms with Crippen LogP contribution in [0.5, 0.6) is 0 Å². The van der Waals surface area contributed by atoms with Crippen LogP contribution in [0.15, 0.2) is 0 Å². The number of hydrogen-bond donors (Lipinski definition) is 0. The van der Waals surface area contributed by atoms with Gasteiger partial charge in [0.1, 0.15) is 0 Å². The van der Waals surface area contributed by atoms with Crippen molar-refractivity contribution < 1.29 is 23.5 Å². The van der Waals surface area contributed by atoms with Crippen molar-refractivity contribution in [3.05, 3.63) is 0 Å². The van der Waals surface area contributed by atoms with E-state index < -0.39 is 0 Å². The molecule has 3 radical (unpaired) electrons. The van der Waals surface area contributed by atoms with Gasteiger partial charge in [0, 0.05) is 0 Å². The quantitative estimate of drug-likeness (QED) is 0.297. The minimum absolute atomic E-state index is 0. The normalized spacial score (nSPS) is 6.00. The van der Waals surface area contributed by atoms with Crippen molar-refractivity contribution in [2.45, 2.75) is 6.92 Å². The third-order valence-corrected chi connectivity index (χ3v) is 0.167.